The van der Waals surface area contributed by atoms with Crippen LogP contribution in [0.3, 0.4) is 0 Å². The van der Waals surface area contributed by atoms with Crippen molar-refractivity contribution in [2.45, 2.75) is 30.6 Å². The maximum Gasteiger partial charge on any atom is 0.323 e. The van der Waals surface area contributed by atoms with Crippen molar-refractivity contribution in [3.8, 4) is 0 Å². The first-order valence-corrected chi connectivity index (χ1v) is 8.42. The van der Waals surface area contributed by atoms with Crippen LogP contribution in [0.15, 0.2) is 24.3 Å². The van der Waals surface area contributed by atoms with Crippen molar-refractivity contribution < 1.29 is 14.3 Å². The van der Waals surface area contributed by atoms with Crippen molar-refractivity contribution in [3.05, 3.63) is 35.4 Å². The maximum absolute atomic E-state index is 12.5. The fourth-order valence-corrected chi connectivity index (χ4v) is 4.09. The van der Waals surface area contributed by atoms with Crippen LogP contribution in [0.25, 0.3) is 0 Å². The minimum absolute atomic E-state index is 0.0524. The van der Waals surface area contributed by atoms with Crippen LogP contribution in [0, 0.1) is 0 Å². The Bertz CT molecular complexity index is 526. The Balaban J connectivity index is 1.63. The molecule has 1 unspecified atom stereocenters. The summed E-state index contributed by atoms with van der Waals surface area (Å²) in [7, 11) is 0. The van der Waals surface area contributed by atoms with Gasteiger partial charge in [-0.05, 0) is 23.3 Å². The highest BCUT2D eigenvalue weighted by atomic mass is 32.2. The summed E-state index contributed by atoms with van der Waals surface area (Å²) in [6, 6.07) is 8.13. The molecule has 0 saturated carbocycles. The first-order chi connectivity index (χ1) is 10.3. The van der Waals surface area contributed by atoms with Gasteiger partial charge in [-0.1, -0.05) is 24.3 Å². The third kappa shape index (κ3) is 3.23. The SMILES string of the molecule is O=CN1CCC(OC(=O)C2SCCc3ccccc32)CC1. The van der Waals surface area contributed by atoms with Gasteiger partial charge in [-0.3, -0.25) is 9.59 Å². The van der Waals surface area contributed by atoms with E-state index in [1.807, 2.05) is 18.2 Å². The van der Waals surface area contributed by atoms with Gasteiger partial charge in [0.05, 0.1) is 0 Å². The number of hydrogen-bond donors (Lipinski definition) is 0. The van der Waals surface area contributed by atoms with E-state index in [0.29, 0.717) is 13.1 Å². The number of benzene rings is 1. The monoisotopic (exact) mass is 305 g/mol. The minimum Gasteiger partial charge on any atom is -0.461 e. The number of fused-ring (bicyclic) bond motifs is 1. The molecule has 0 aromatic heterocycles. The van der Waals surface area contributed by atoms with Gasteiger partial charge in [0.25, 0.3) is 0 Å². The predicted molar refractivity (Wildman–Crippen MR) is 82.1 cm³/mol. The summed E-state index contributed by atoms with van der Waals surface area (Å²) in [6.45, 7) is 1.35. The van der Waals surface area contributed by atoms with Gasteiger partial charge < -0.3 is 9.64 Å². The van der Waals surface area contributed by atoms with Crippen LogP contribution in [0.1, 0.15) is 29.2 Å². The second kappa shape index (κ2) is 6.52. The average Bonchev–Trinajstić information content (AvgIpc) is 2.55. The molecule has 112 valence electrons. The van der Waals surface area contributed by atoms with Gasteiger partial charge in [0.1, 0.15) is 11.4 Å². The summed E-state index contributed by atoms with van der Waals surface area (Å²) in [4.78, 5) is 24.9. The fourth-order valence-electron chi connectivity index (χ4n) is 2.91. The Morgan fingerprint density at radius 2 is 2.05 bits per heavy atom. The van der Waals surface area contributed by atoms with Gasteiger partial charge in [0.15, 0.2) is 0 Å². The van der Waals surface area contributed by atoms with E-state index in [9.17, 15) is 9.59 Å². The van der Waals surface area contributed by atoms with Crippen LogP contribution < -0.4 is 0 Å². The third-order valence-electron chi connectivity index (χ3n) is 4.12. The summed E-state index contributed by atoms with van der Waals surface area (Å²) >= 11 is 1.67. The molecule has 21 heavy (non-hydrogen) atoms. The first kappa shape index (κ1) is 14.4. The van der Waals surface area contributed by atoms with Crippen molar-refractivity contribution in [1.82, 2.24) is 4.90 Å². The van der Waals surface area contributed by atoms with E-state index in [4.69, 9.17) is 4.74 Å². The topological polar surface area (TPSA) is 46.6 Å². The number of carbonyl (C=O) groups excluding carboxylic acids is 2. The lowest BCUT2D eigenvalue weighted by molar-refractivity contribution is -0.150. The summed E-state index contributed by atoms with van der Waals surface area (Å²) in [5.74, 6) is 0.831. The van der Waals surface area contributed by atoms with E-state index in [1.165, 1.54) is 5.56 Å². The molecule has 0 N–H and O–H groups in total. The molecule has 2 aliphatic heterocycles. The molecule has 1 amide bonds. The Labute approximate surface area is 128 Å². The minimum atomic E-state index is -0.195. The molecule has 1 fully saturated rings. The molecule has 1 saturated heterocycles. The molecule has 3 rings (SSSR count). The summed E-state index contributed by atoms with van der Waals surface area (Å²) in [5, 5.41) is -0.195. The largest absolute Gasteiger partial charge is 0.461 e. The van der Waals surface area contributed by atoms with Gasteiger partial charge in [-0.2, -0.15) is 0 Å². The number of esters is 1. The fraction of sp³-hybridized carbons (Fsp3) is 0.500. The highest BCUT2D eigenvalue weighted by molar-refractivity contribution is 8.00. The molecule has 4 nitrogen and oxygen atoms in total. The van der Waals surface area contributed by atoms with Crippen molar-refractivity contribution in [2.75, 3.05) is 18.8 Å². The number of aryl methyl sites for hydroxylation is 1. The molecule has 0 spiro atoms. The third-order valence-corrected chi connectivity index (χ3v) is 5.34. The second-order valence-electron chi connectivity index (χ2n) is 5.48. The number of nitrogens with zero attached hydrogens (tertiary/aromatic N) is 1. The van der Waals surface area contributed by atoms with Crippen molar-refractivity contribution in [2.24, 2.45) is 0 Å². The second-order valence-corrected chi connectivity index (χ2v) is 6.69. The van der Waals surface area contributed by atoms with E-state index in [2.05, 4.69) is 6.07 Å². The van der Waals surface area contributed by atoms with Crippen molar-refractivity contribution in [1.29, 1.82) is 0 Å². The number of rotatable bonds is 3. The van der Waals surface area contributed by atoms with Crippen LogP contribution in [0.4, 0.5) is 0 Å². The van der Waals surface area contributed by atoms with Gasteiger partial charge in [-0.15, -0.1) is 11.8 Å². The van der Waals surface area contributed by atoms with Gasteiger partial charge in [0, 0.05) is 25.9 Å². The highest BCUT2D eigenvalue weighted by Crippen LogP contribution is 2.38. The average molecular weight is 305 g/mol. The lowest BCUT2D eigenvalue weighted by atomic mass is 10.0. The summed E-state index contributed by atoms with van der Waals surface area (Å²) in [6.07, 6.45) is 3.31. The normalized spacial score (nSPS) is 22.5. The predicted octanol–water partition coefficient (Wildman–Crippen LogP) is 2.18. The molecule has 0 radical (unpaired) electrons. The first-order valence-electron chi connectivity index (χ1n) is 7.37. The van der Waals surface area contributed by atoms with E-state index in [-0.39, 0.29) is 17.3 Å². The molecule has 2 aliphatic rings. The van der Waals surface area contributed by atoms with Crippen LogP contribution in [-0.2, 0) is 20.7 Å². The van der Waals surface area contributed by atoms with Crippen molar-refractivity contribution >= 4 is 24.1 Å². The summed E-state index contributed by atoms with van der Waals surface area (Å²) < 4.78 is 5.68. The van der Waals surface area contributed by atoms with E-state index in [1.54, 1.807) is 16.7 Å². The molecule has 1 atom stereocenters. The number of ether oxygens (including phenoxy) is 1. The van der Waals surface area contributed by atoms with Crippen molar-refractivity contribution in [3.63, 3.8) is 0 Å². The van der Waals surface area contributed by atoms with Gasteiger partial charge in [0.2, 0.25) is 6.41 Å². The van der Waals surface area contributed by atoms with Crippen LogP contribution in [-0.4, -0.2) is 42.2 Å². The Morgan fingerprint density at radius 1 is 1.29 bits per heavy atom. The molecule has 0 bridgehead atoms. The number of piperidine rings is 1. The van der Waals surface area contributed by atoms with E-state index < -0.39 is 0 Å². The number of thioether (sulfide) groups is 1. The lowest BCUT2D eigenvalue weighted by Crippen LogP contribution is -2.37. The smallest absolute Gasteiger partial charge is 0.323 e. The van der Waals surface area contributed by atoms with Gasteiger partial charge >= 0.3 is 5.97 Å². The van der Waals surface area contributed by atoms with Gasteiger partial charge in [-0.25, -0.2) is 0 Å². The van der Waals surface area contributed by atoms with Crippen LogP contribution in [0.2, 0.25) is 0 Å². The zero-order valence-electron chi connectivity index (χ0n) is 11.9. The molecular formula is C16H19NO3S. The highest BCUT2D eigenvalue weighted by Gasteiger charge is 2.31. The zero-order chi connectivity index (χ0) is 14.7. The summed E-state index contributed by atoms with van der Waals surface area (Å²) in [5.41, 5.74) is 2.36. The Hall–Kier alpha value is -1.49. The van der Waals surface area contributed by atoms with E-state index >= 15 is 0 Å². The zero-order valence-corrected chi connectivity index (χ0v) is 12.7. The number of carbonyl (C=O) groups is 2. The van der Waals surface area contributed by atoms with Crippen LogP contribution in [0.5, 0.6) is 0 Å². The maximum atomic E-state index is 12.5. The molecular weight excluding hydrogens is 286 g/mol. The Kier molecular flexibility index (Phi) is 4.48. The standard InChI is InChI=1S/C16H19NO3S/c18-11-17-8-5-13(6-9-17)20-16(19)15-14-4-2-1-3-12(14)7-10-21-15/h1-4,11,13,15H,5-10H2. The number of amides is 1. The molecule has 1 aromatic carbocycles. The molecule has 1 aromatic rings. The number of hydrogen-bond acceptors (Lipinski definition) is 4. The molecule has 2 heterocycles. The molecule has 5 heteroatoms. The van der Waals surface area contributed by atoms with Crippen LogP contribution >= 0.6 is 11.8 Å². The molecule has 0 aliphatic carbocycles. The quantitative estimate of drug-likeness (QED) is 0.634. The van der Waals surface area contributed by atoms with E-state index in [0.717, 1.165) is 37.0 Å². The number of likely N-dealkylation sites (tertiary alicyclic amines) is 1. The lowest BCUT2D eigenvalue weighted by Gasteiger charge is -2.31. The Morgan fingerprint density at radius 3 is 2.81 bits per heavy atom.